The highest BCUT2D eigenvalue weighted by molar-refractivity contribution is 4.87. The normalized spacial score (nSPS) is 44.8. The minimum Gasteiger partial charge on any atom is -0.311 e. The Hall–Kier alpha value is -0.0800. The number of likely N-dealkylation sites (tertiary alicyclic amines) is 1. The Kier molecular flexibility index (Phi) is 4.48. The van der Waals surface area contributed by atoms with Gasteiger partial charge in [0.1, 0.15) is 0 Å². The van der Waals surface area contributed by atoms with Crippen molar-refractivity contribution >= 4 is 0 Å². The first kappa shape index (κ1) is 13.4. The van der Waals surface area contributed by atoms with E-state index in [-0.39, 0.29) is 0 Å². The van der Waals surface area contributed by atoms with Crippen LogP contribution in [0.15, 0.2) is 0 Å². The molecule has 0 radical (unpaired) electrons. The predicted octanol–water partition coefficient (Wildman–Crippen LogP) is 2.74. The second-order valence-electron chi connectivity index (χ2n) is 6.77. The summed E-state index contributed by atoms with van der Waals surface area (Å²) < 4.78 is 0. The Balaban J connectivity index is 1.81. The van der Waals surface area contributed by atoms with Crippen LogP contribution in [-0.2, 0) is 0 Å². The summed E-state index contributed by atoms with van der Waals surface area (Å²) in [5.74, 6) is 2.65. The van der Waals surface area contributed by atoms with Crippen LogP contribution in [0.1, 0.15) is 46.5 Å². The molecule has 2 nitrogen and oxygen atoms in total. The molecule has 1 saturated carbocycles. The fraction of sp³-hybridized carbons (Fsp3) is 1.00. The Morgan fingerprint density at radius 3 is 2.35 bits per heavy atom. The van der Waals surface area contributed by atoms with Crippen molar-refractivity contribution in [1.29, 1.82) is 0 Å². The van der Waals surface area contributed by atoms with Crippen molar-refractivity contribution in [3.05, 3.63) is 0 Å². The first-order chi connectivity index (χ1) is 8.06. The fourth-order valence-corrected chi connectivity index (χ4v) is 3.60. The maximum absolute atomic E-state index is 3.95. The molecule has 2 heteroatoms. The van der Waals surface area contributed by atoms with Gasteiger partial charge in [0.25, 0.3) is 0 Å². The lowest BCUT2D eigenvalue weighted by Crippen LogP contribution is -2.51. The SMILES string of the molecule is CC1CCC(NC2CCN(C)CC2C)CC1C. The van der Waals surface area contributed by atoms with E-state index in [2.05, 4.69) is 38.0 Å². The lowest BCUT2D eigenvalue weighted by Gasteiger charge is -2.40. The molecular formula is C15H30N2. The van der Waals surface area contributed by atoms with Gasteiger partial charge in [0.15, 0.2) is 0 Å². The highest BCUT2D eigenvalue weighted by Gasteiger charge is 2.29. The van der Waals surface area contributed by atoms with E-state index in [4.69, 9.17) is 0 Å². The van der Waals surface area contributed by atoms with Crippen LogP contribution in [0.5, 0.6) is 0 Å². The summed E-state index contributed by atoms with van der Waals surface area (Å²) in [6.45, 7) is 9.77. The maximum atomic E-state index is 3.95. The molecule has 0 amide bonds. The second-order valence-corrected chi connectivity index (χ2v) is 6.77. The van der Waals surface area contributed by atoms with Crippen molar-refractivity contribution < 1.29 is 0 Å². The van der Waals surface area contributed by atoms with Gasteiger partial charge in [-0.05, 0) is 57.0 Å². The van der Waals surface area contributed by atoms with Crippen LogP contribution in [0.25, 0.3) is 0 Å². The average molecular weight is 238 g/mol. The molecule has 5 atom stereocenters. The van der Waals surface area contributed by atoms with Gasteiger partial charge >= 0.3 is 0 Å². The van der Waals surface area contributed by atoms with Gasteiger partial charge in [-0.1, -0.05) is 20.8 Å². The van der Waals surface area contributed by atoms with E-state index in [0.717, 1.165) is 29.8 Å². The van der Waals surface area contributed by atoms with Gasteiger partial charge in [-0.15, -0.1) is 0 Å². The van der Waals surface area contributed by atoms with Gasteiger partial charge in [-0.3, -0.25) is 0 Å². The Morgan fingerprint density at radius 2 is 1.71 bits per heavy atom. The highest BCUT2D eigenvalue weighted by Crippen LogP contribution is 2.30. The van der Waals surface area contributed by atoms with E-state index in [9.17, 15) is 0 Å². The third-order valence-corrected chi connectivity index (χ3v) is 5.16. The number of piperidine rings is 1. The van der Waals surface area contributed by atoms with Crippen LogP contribution in [0, 0.1) is 17.8 Å². The molecule has 0 aromatic rings. The van der Waals surface area contributed by atoms with Gasteiger partial charge in [0.2, 0.25) is 0 Å². The summed E-state index contributed by atoms with van der Waals surface area (Å²) in [6.07, 6.45) is 5.53. The molecule has 1 heterocycles. The largest absolute Gasteiger partial charge is 0.311 e. The summed E-state index contributed by atoms with van der Waals surface area (Å²) in [5, 5.41) is 3.95. The zero-order valence-corrected chi connectivity index (χ0v) is 12.1. The van der Waals surface area contributed by atoms with Gasteiger partial charge in [0, 0.05) is 18.6 Å². The van der Waals surface area contributed by atoms with Gasteiger partial charge in [-0.25, -0.2) is 0 Å². The first-order valence-electron chi connectivity index (χ1n) is 7.51. The van der Waals surface area contributed by atoms with Crippen molar-refractivity contribution in [2.24, 2.45) is 17.8 Å². The molecule has 100 valence electrons. The minimum absolute atomic E-state index is 0.761. The molecule has 1 N–H and O–H groups in total. The molecule has 2 fully saturated rings. The zero-order chi connectivity index (χ0) is 12.4. The van der Waals surface area contributed by atoms with Crippen LogP contribution in [0.2, 0.25) is 0 Å². The number of hydrogen-bond donors (Lipinski definition) is 1. The van der Waals surface area contributed by atoms with Crippen LogP contribution >= 0.6 is 0 Å². The first-order valence-corrected chi connectivity index (χ1v) is 7.51. The maximum Gasteiger partial charge on any atom is 0.0120 e. The molecule has 17 heavy (non-hydrogen) atoms. The van der Waals surface area contributed by atoms with Gasteiger partial charge < -0.3 is 10.2 Å². The van der Waals surface area contributed by atoms with Gasteiger partial charge in [-0.2, -0.15) is 0 Å². The summed E-state index contributed by atoms with van der Waals surface area (Å²) in [5.41, 5.74) is 0. The third-order valence-electron chi connectivity index (χ3n) is 5.16. The van der Waals surface area contributed by atoms with Crippen molar-refractivity contribution in [1.82, 2.24) is 10.2 Å². The number of hydrogen-bond acceptors (Lipinski definition) is 2. The van der Waals surface area contributed by atoms with Crippen LogP contribution in [0.3, 0.4) is 0 Å². The van der Waals surface area contributed by atoms with Gasteiger partial charge in [0.05, 0.1) is 0 Å². The van der Waals surface area contributed by atoms with E-state index in [1.54, 1.807) is 0 Å². The molecule has 1 aliphatic carbocycles. The monoisotopic (exact) mass is 238 g/mol. The highest BCUT2D eigenvalue weighted by atomic mass is 15.1. The molecule has 1 aliphatic heterocycles. The molecule has 2 aliphatic rings. The Labute approximate surface area is 107 Å². The van der Waals surface area contributed by atoms with Crippen LogP contribution < -0.4 is 5.32 Å². The number of rotatable bonds is 2. The molecule has 1 saturated heterocycles. The van der Waals surface area contributed by atoms with Crippen molar-refractivity contribution in [3.8, 4) is 0 Å². The summed E-state index contributed by atoms with van der Waals surface area (Å²) in [7, 11) is 2.25. The van der Waals surface area contributed by atoms with Crippen molar-refractivity contribution in [2.45, 2.75) is 58.5 Å². The van der Waals surface area contributed by atoms with E-state index in [1.165, 1.54) is 38.8 Å². The molecule has 0 bridgehead atoms. The molecule has 2 rings (SSSR count). The van der Waals surface area contributed by atoms with E-state index in [0.29, 0.717) is 0 Å². The minimum atomic E-state index is 0.761. The summed E-state index contributed by atoms with van der Waals surface area (Å²) in [4.78, 5) is 2.47. The molecule has 5 unspecified atom stereocenters. The number of nitrogens with one attached hydrogen (secondary N) is 1. The lowest BCUT2D eigenvalue weighted by molar-refractivity contribution is 0.142. The fourth-order valence-electron chi connectivity index (χ4n) is 3.60. The molecule has 0 aromatic carbocycles. The van der Waals surface area contributed by atoms with E-state index in [1.807, 2.05) is 0 Å². The topological polar surface area (TPSA) is 15.3 Å². The predicted molar refractivity (Wildman–Crippen MR) is 74.2 cm³/mol. The lowest BCUT2D eigenvalue weighted by atomic mass is 9.78. The van der Waals surface area contributed by atoms with Crippen molar-refractivity contribution in [3.63, 3.8) is 0 Å². The second kappa shape index (κ2) is 5.71. The average Bonchev–Trinajstić information content (AvgIpc) is 2.27. The van der Waals surface area contributed by atoms with E-state index >= 15 is 0 Å². The van der Waals surface area contributed by atoms with Crippen molar-refractivity contribution in [2.75, 3.05) is 20.1 Å². The third kappa shape index (κ3) is 3.45. The summed E-state index contributed by atoms with van der Waals surface area (Å²) >= 11 is 0. The van der Waals surface area contributed by atoms with Crippen LogP contribution in [0.4, 0.5) is 0 Å². The molecule has 0 spiro atoms. The Morgan fingerprint density at radius 1 is 0.941 bits per heavy atom. The molecular weight excluding hydrogens is 208 g/mol. The quantitative estimate of drug-likeness (QED) is 0.796. The summed E-state index contributed by atoms with van der Waals surface area (Å²) in [6, 6.07) is 1.55. The van der Waals surface area contributed by atoms with Crippen LogP contribution in [-0.4, -0.2) is 37.1 Å². The zero-order valence-electron chi connectivity index (χ0n) is 12.1. The van der Waals surface area contributed by atoms with E-state index < -0.39 is 0 Å². The Bertz CT molecular complexity index is 241. The molecule has 0 aromatic heterocycles. The smallest absolute Gasteiger partial charge is 0.0120 e. The standard InChI is InChI=1S/C15H30N2/c1-11-5-6-14(9-12(11)2)16-15-7-8-17(4)10-13(15)3/h11-16H,5-10H2,1-4H3. The number of nitrogens with zero attached hydrogens (tertiary/aromatic N) is 1.